The number of hydrogen-bond donors (Lipinski definition) is 1. The molecule has 5 nitrogen and oxygen atoms in total. The van der Waals surface area contributed by atoms with Gasteiger partial charge >= 0.3 is 0 Å². The molecule has 0 saturated carbocycles. The monoisotopic (exact) mass is 328 g/mol. The van der Waals surface area contributed by atoms with Crippen molar-refractivity contribution >= 4 is 23.2 Å². The Morgan fingerprint density at radius 2 is 2.00 bits per heavy atom. The zero-order chi connectivity index (χ0) is 17.1. The minimum absolute atomic E-state index is 0.132. The number of anilines is 2. The van der Waals surface area contributed by atoms with Crippen LogP contribution in [0.4, 0.5) is 15.8 Å². The van der Waals surface area contributed by atoms with Crippen molar-refractivity contribution in [2.45, 2.75) is 6.42 Å². The molecule has 6 heteroatoms. The molecule has 1 heterocycles. The zero-order valence-corrected chi connectivity index (χ0v) is 13.2. The highest BCUT2D eigenvalue weighted by molar-refractivity contribution is 6.03. The number of benzene rings is 2. The molecule has 0 aliphatic carbocycles. The lowest BCUT2D eigenvalue weighted by atomic mass is 10.1. The van der Waals surface area contributed by atoms with Crippen molar-refractivity contribution in [1.82, 2.24) is 0 Å². The van der Waals surface area contributed by atoms with Gasteiger partial charge in [0.1, 0.15) is 11.6 Å². The highest BCUT2D eigenvalue weighted by Crippen LogP contribution is 2.26. The normalized spacial score (nSPS) is 17.0. The fourth-order valence-electron chi connectivity index (χ4n) is 2.70. The van der Waals surface area contributed by atoms with E-state index < -0.39 is 5.92 Å². The van der Waals surface area contributed by atoms with Crippen LogP contribution in [0.2, 0.25) is 0 Å². The van der Waals surface area contributed by atoms with Gasteiger partial charge in [0.15, 0.2) is 0 Å². The first kappa shape index (κ1) is 16.0. The van der Waals surface area contributed by atoms with Gasteiger partial charge in [-0.15, -0.1) is 0 Å². The van der Waals surface area contributed by atoms with E-state index in [-0.39, 0.29) is 30.6 Å². The maximum absolute atomic E-state index is 13.0. The highest BCUT2D eigenvalue weighted by Gasteiger charge is 2.35. The second kappa shape index (κ2) is 6.70. The molecule has 0 spiro atoms. The van der Waals surface area contributed by atoms with E-state index in [4.69, 9.17) is 4.74 Å². The summed E-state index contributed by atoms with van der Waals surface area (Å²) in [6.07, 6.45) is 0.132. The Kier molecular flexibility index (Phi) is 4.46. The molecule has 24 heavy (non-hydrogen) atoms. The van der Waals surface area contributed by atoms with Crippen LogP contribution in [0.1, 0.15) is 6.42 Å². The number of ether oxygens (including phenoxy) is 1. The van der Waals surface area contributed by atoms with Gasteiger partial charge < -0.3 is 15.0 Å². The third-order valence-corrected chi connectivity index (χ3v) is 3.97. The van der Waals surface area contributed by atoms with Crippen LogP contribution in [-0.2, 0) is 9.59 Å². The maximum atomic E-state index is 13.0. The maximum Gasteiger partial charge on any atom is 0.229 e. The first-order chi connectivity index (χ1) is 11.6. The molecule has 0 aromatic heterocycles. The number of nitrogens with zero attached hydrogens (tertiary/aromatic N) is 1. The van der Waals surface area contributed by atoms with Crippen LogP contribution >= 0.6 is 0 Å². The van der Waals surface area contributed by atoms with Crippen molar-refractivity contribution in [3.63, 3.8) is 0 Å². The molecule has 124 valence electrons. The third kappa shape index (κ3) is 3.37. The molecule has 3 rings (SSSR count). The molecule has 1 aliphatic rings. The zero-order valence-electron chi connectivity index (χ0n) is 13.2. The molecule has 2 aromatic carbocycles. The highest BCUT2D eigenvalue weighted by atomic mass is 19.1. The van der Waals surface area contributed by atoms with Crippen LogP contribution in [0, 0.1) is 11.7 Å². The molecular formula is C18H17FN2O3. The summed E-state index contributed by atoms with van der Waals surface area (Å²) in [6.45, 7) is 0.278. The molecule has 1 aliphatic heterocycles. The Labute approximate surface area is 139 Å². The second-order valence-electron chi connectivity index (χ2n) is 5.60. The van der Waals surface area contributed by atoms with E-state index in [1.165, 1.54) is 29.2 Å². The lowest BCUT2D eigenvalue weighted by Gasteiger charge is -2.16. The summed E-state index contributed by atoms with van der Waals surface area (Å²) in [6, 6.07) is 12.7. The first-order valence-corrected chi connectivity index (χ1v) is 7.57. The molecule has 0 radical (unpaired) electrons. The van der Waals surface area contributed by atoms with E-state index in [0.29, 0.717) is 17.1 Å². The molecule has 1 N–H and O–H groups in total. The number of nitrogens with one attached hydrogen (secondary N) is 1. The van der Waals surface area contributed by atoms with Crippen LogP contribution < -0.4 is 15.0 Å². The predicted octanol–water partition coefficient (Wildman–Crippen LogP) is 2.83. The summed E-state index contributed by atoms with van der Waals surface area (Å²) >= 11 is 0. The summed E-state index contributed by atoms with van der Waals surface area (Å²) in [5.74, 6) is -0.539. The van der Waals surface area contributed by atoms with Gasteiger partial charge in [0.2, 0.25) is 11.8 Å². The van der Waals surface area contributed by atoms with Gasteiger partial charge in [-0.1, -0.05) is 6.07 Å². The van der Waals surface area contributed by atoms with Crippen LogP contribution in [0.15, 0.2) is 48.5 Å². The minimum Gasteiger partial charge on any atom is -0.497 e. The average molecular weight is 328 g/mol. The largest absolute Gasteiger partial charge is 0.497 e. The number of rotatable bonds is 4. The molecule has 1 saturated heterocycles. The average Bonchev–Trinajstić information content (AvgIpc) is 2.98. The third-order valence-electron chi connectivity index (χ3n) is 3.97. The summed E-state index contributed by atoms with van der Waals surface area (Å²) in [7, 11) is 1.55. The van der Waals surface area contributed by atoms with Crippen molar-refractivity contribution in [3.05, 3.63) is 54.3 Å². The van der Waals surface area contributed by atoms with E-state index >= 15 is 0 Å². The van der Waals surface area contributed by atoms with Crippen LogP contribution in [-0.4, -0.2) is 25.5 Å². The lowest BCUT2D eigenvalue weighted by Crippen LogP contribution is -2.28. The van der Waals surface area contributed by atoms with Crippen molar-refractivity contribution in [1.29, 1.82) is 0 Å². The summed E-state index contributed by atoms with van der Waals surface area (Å²) in [5.41, 5.74) is 1.21. The number of carbonyl (C=O) groups excluding carboxylic acids is 2. The Bertz CT molecular complexity index is 761. The smallest absolute Gasteiger partial charge is 0.229 e. The van der Waals surface area contributed by atoms with Crippen molar-refractivity contribution in [2.24, 2.45) is 5.92 Å². The molecule has 2 amide bonds. The predicted molar refractivity (Wildman–Crippen MR) is 88.5 cm³/mol. The van der Waals surface area contributed by atoms with Gasteiger partial charge in [-0.05, 0) is 36.4 Å². The summed E-state index contributed by atoms with van der Waals surface area (Å²) in [5, 5.41) is 2.80. The van der Waals surface area contributed by atoms with Gasteiger partial charge in [-0.3, -0.25) is 9.59 Å². The van der Waals surface area contributed by atoms with E-state index in [1.54, 1.807) is 31.4 Å². The summed E-state index contributed by atoms with van der Waals surface area (Å²) in [4.78, 5) is 26.1. The van der Waals surface area contributed by atoms with Gasteiger partial charge in [-0.2, -0.15) is 0 Å². The quantitative estimate of drug-likeness (QED) is 0.939. The Morgan fingerprint density at radius 1 is 1.25 bits per heavy atom. The SMILES string of the molecule is COc1cccc(NC(=O)C2CC(=O)N(c3ccc(F)cc3)C2)c1. The Hall–Kier alpha value is -2.89. The lowest BCUT2D eigenvalue weighted by molar-refractivity contribution is -0.122. The Balaban J connectivity index is 1.68. The number of amides is 2. The number of halogens is 1. The second-order valence-corrected chi connectivity index (χ2v) is 5.60. The fraction of sp³-hybridized carbons (Fsp3) is 0.222. The van der Waals surface area contributed by atoms with E-state index in [0.717, 1.165) is 0 Å². The fourth-order valence-corrected chi connectivity index (χ4v) is 2.70. The number of methoxy groups -OCH3 is 1. The molecule has 2 aromatic rings. The van der Waals surface area contributed by atoms with Crippen LogP contribution in [0.25, 0.3) is 0 Å². The molecule has 1 fully saturated rings. The molecule has 1 atom stereocenters. The first-order valence-electron chi connectivity index (χ1n) is 7.57. The van der Waals surface area contributed by atoms with Gasteiger partial charge in [-0.25, -0.2) is 4.39 Å². The molecule has 0 bridgehead atoms. The topological polar surface area (TPSA) is 58.6 Å². The van der Waals surface area contributed by atoms with Gasteiger partial charge in [0.25, 0.3) is 0 Å². The van der Waals surface area contributed by atoms with Crippen LogP contribution in [0.3, 0.4) is 0 Å². The van der Waals surface area contributed by atoms with Crippen molar-refractivity contribution < 1.29 is 18.7 Å². The van der Waals surface area contributed by atoms with E-state index in [9.17, 15) is 14.0 Å². The Morgan fingerprint density at radius 3 is 2.71 bits per heavy atom. The minimum atomic E-state index is -0.450. The van der Waals surface area contributed by atoms with Crippen molar-refractivity contribution in [2.75, 3.05) is 23.9 Å². The van der Waals surface area contributed by atoms with Crippen molar-refractivity contribution in [3.8, 4) is 5.75 Å². The number of hydrogen-bond acceptors (Lipinski definition) is 3. The van der Waals surface area contributed by atoms with Gasteiger partial charge in [0, 0.05) is 30.4 Å². The standard InChI is InChI=1S/C18H17FN2O3/c1-24-16-4-2-3-14(10-16)20-18(23)12-9-17(22)21(11-12)15-7-5-13(19)6-8-15/h2-8,10,12H,9,11H2,1H3,(H,20,23). The summed E-state index contributed by atoms with van der Waals surface area (Å²) < 4.78 is 18.1. The van der Waals surface area contributed by atoms with E-state index in [1.807, 2.05) is 0 Å². The van der Waals surface area contributed by atoms with Gasteiger partial charge in [0.05, 0.1) is 13.0 Å². The molecule has 1 unspecified atom stereocenters. The van der Waals surface area contributed by atoms with Crippen LogP contribution in [0.5, 0.6) is 5.75 Å². The van der Waals surface area contributed by atoms with E-state index in [2.05, 4.69) is 5.32 Å². The molecular weight excluding hydrogens is 311 g/mol. The number of carbonyl (C=O) groups is 2.